The van der Waals surface area contributed by atoms with Crippen molar-refractivity contribution in [1.82, 2.24) is 15.3 Å². The molecule has 0 spiro atoms. The zero-order valence-electron chi connectivity index (χ0n) is 13.2. The number of likely N-dealkylation sites (N-methyl/N-ethyl adjacent to an activating group) is 1. The molecule has 1 aromatic heterocycles. The topological polar surface area (TPSA) is 87.1 Å². The number of anilines is 1. The molecule has 0 aliphatic carbocycles. The number of para-hydroxylation sites is 1. The Bertz CT molecular complexity index is 852. The number of nitrogens with zero attached hydrogens (tertiary/aromatic N) is 2. The van der Waals surface area contributed by atoms with E-state index in [0.29, 0.717) is 23.3 Å². The zero-order valence-corrected chi connectivity index (χ0v) is 13.2. The molecule has 2 aromatic carbocycles. The Balaban J connectivity index is 2.02. The molecule has 1 atom stereocenters. The number of fused-ring (bicyclic) bond motifs is 1. The summed E-state index contributed by atoms with van der Waals surface area (Å²) >= 11 is 0. The van der Waals surface area contributed by atoms with Gasteiger partial charge in [-0.3, -0.25) is 0 Å². The molecule has 0 aliphatic heterocycles. The van der Waals surface area contributed by atoms with Crippen molar-refractivity contribution in [2.75, 3.05) is 18.9 Å². The van der Waals surface area contributed by atoms with E-state index in [4.69, 9.17) is 0 Å². The molecule has 0 amide bonds. The van der Waals surface area contributed by atoms with Gasteiger partial charge in [0.1, 0.15) is 12.1 Å². The Morgan fingerprint density at radius 2 is 1.92 bits per heavy atom. The summed E-state index contributed by atoms with van der Waals surface area (Å²) in [4.78, 5) is 19.8. The van der Waals surface area contributed by atoms with Crippen LogP contribution in [0.5, 0.6) is 0 Å². The third kappa shape index (κ3) is 3.18. The van der Waals surface area contributed by atoms with Crippen LogP contribution in [0, 0.1) is 0 Å². The van der Waals surface area contributed by atoms with E-state index in [-0.39, 0.29) is 11.6 Å². The molecule has 0 saturated carbocycles. The number of carboxylic acid groups (broad SMARTS) is 1. The Morgan fingerprint density at radius 1 is 1.12 bits per heavy atom. The van der Waals surface area contributed by atoms with Crippen molar-refractivity contribution in [2.24, 2.45) is 0 Å². The first-order valence-electron chi connectivity index (χ1n) is 7.64. The Hall–Kier alpha value is -2.99. The van der Waals surface area contributed by atoms with Crippen molar-refractivity contribution in [3.63, 3.8) is 0 Å². The maximum atomic E-state index is 11.4. The summed E-state index contributed by atoms with van der Waals surface area (Å²) in [6.45, 7) is 0.703. The maximum absolute atomic E-state index is 11.4. The van der Waals surface area contributed by atoms with Crippen LogP contribution in [0.3, 0.4) is 0 Å². The van der Waals surface area contributed by atoms with Gasteiger partial charge in [-0.05, 0) is 24.7 Å². The van der Waals surface area contributed by atoms with Crippen LogP contribution >= 0.6 is 0 Å². The van der Waals surface area contributed by atoms with Gasteiger partial charge >= 0.3 is 5.97 Å². The van der Waals surface area contributed by atoms with E-state index in [1.54, 1.807) is 12.1 Å². The van der Waals surface area contributed by atoms with Gasteiger partial charge in [0.15, 0.2) is 0 Å². The van der Waals surface area contributed by atoms with Gasteiger partial charge in [-0.25, -0.2) is 14.8 Å². The van der Waals surface area contributed by atoms with Crippen LogP contribution in [0.15, 0.2) is 54.9 Å². The Kier molecular flexibility index (Phi) is 4.67. The number of carbonyl (C=O) groups is 1. The second kappa shape index (κ2) is 7.06. The van der Waals surface area contributed by atoms with Crippen molar-refractivity contribution < 1.29 is 9.90 Å². The highest BCUT2D eigenvalue weighted by Crippen LogP contribution is 2.25. The number of benzene rings is 2. The fourth-order valence-electron chi connectivity index (χ4n) is 2.68. The number of hydrogen-bond donors (Lipinski definition) is 3. The quantitative estimate of drug-likeness (QED) is 0.647. The van der Waals surface area contributed by atoms with Crippen molar-refractivity contribution in [1.29, 1.82) is 0 Å². The van der Waals surface area contributed by atoms with Crippen LogP contribution in [0.25, 0.3) is 10.9 Å². The van der Waals surface area contributed by atoms with E-state index < -0.39 is 5.97 Å². The summed E-state index contributed by atoms with van der Waals surface area (Å²) < 4.78 is 0. The maximum Gasteiger partial charge on any atom is 0.337 e. The second-order valence-corrected chi connectivity index (χ2v) is 5.39. The van der Waals surface area contributed by atoms with Gasteiger partial charge in [-0.2, -0.15) is 0 Å². The molecule has 3 aromatic rings. The van der Waals surface area contributed by atoms with Crippen molar-refractivity contribution >= 4 is 22.7 Å². The zero-order chi connectivity index (χ0) is 16.9. The van der Waals surface area contributed by atoms with Gasteiger partial charge < -0.3 is 15.7 Å². The largest absolute Gasteiger partial charge is 0.478 e. The van der Waals surface area contributed by atoms with Crippen LogP contribution < -0.4 is 10.6 Å². The van der Waals surface area contributed by atoms with Gasteiger partial charge in [0.25, 0.3) is 0 Å². The van der Waals surface area contributed by atoms with Crippen LogP contribution in [0.1, 0.15) is 22.0 Å². The number of hydrogen-bond acceptors (Lipinski definition) is 5. The highest BCUT2D eigenvalue weighted by molar-refractivity contribution is 6.04. The van der Waals surface area contributed by atoms with Crippen molar-refractivity contribution in [2.45, 2.75) is 6.04 Å². The van der Waals surface area contributed by atoms with Gasteiger partial charge in [-0.15, -0.1) is 0 Å². The third-order valence-corrected chi connectivity index (χ3v) is 3.82. The summed E-state index contributed by atoms with van der Waals surface area (Å²) in [7, 11) is 1.89. The van der Waals surface area contributed by atoms with E-state index in [0.717, 1.165) is 5.56 Å². The summed E-state index contributed by atoms with van der Waals surface area (Å²) in [6, 6.07) is 15.1. The molecule has 6 heteroatoms. The van der Waals surface area contributed by atoms with E-state index in [1.807, 2.05) is 43.4 Å². The van der Waals surface area contributed by atoms with Crippen LogP contribution in [0.4, 0.5) is 5.82 Å². The first-order chi connectivity index (χ1) is 11.7. The highest BCUT2D eigenvalue weighted by Gasteiger charge is 2.16. The monoisotopic (exact) mass is 322 g/mol. The summed E-state index contributed by atoms with van der Waals surface area (Å²) in [5.74, 6) is -0.382. The molecule has 24 heavy (non-hydrogen) atoms. The molecule has 6 nitrogen and oxygen atoms in total. The minimum absolute atomic E-state index is 0.00258. The molecule has 0 fully saturated rings. The Morgan fingerprint density at radius 3 is 2.62 bits per heavy atom. The summed E-state index contributed by atoms with van der Waals surface area (Å²) in [5.41, 5.74) is 1.72. The normalized spacial score (nSPS) is 12.0. The van der Waals surface area contributed by atoms with Crippen molar-refractivity contribution in [3.05, 3.63) is 66.0 Å². The molecular formula is C18H18N4O2. The first-order valence-corrected chi connectivity index (χ1v) is 7.64. The van der Waals surface area contributed by atoms with Gasteiger partial charge in [0, 0.05) is 11.9 Å². The lowest BCUT2D eigenvalue weighted by atomic mass is 10.1. The molecule has 1 heterocycles. The second-order valence-electron chi connectivity index (χ2n) is 5.39. The molecule has 0 bridgehead atoms. The van der Waals surface area contributed by atoms with E-state index in [9.17, 15) is 9.90 Å². The van der Waals surface area contributed by atoms with Crippen LogP contribution in [-0.4, -0.2) is 34.6 Å². The molecule has 0 radical (unpaired) electrons. The van der Waals surface area contributed by atoms with Gasteiger partial charge in [-0.1, -0.05) is 36.4 Å². The number of nitrogens with one attached hydrogen (secondary N) is 2. The van der Waals surface area contributed by atoms with E-state index >= 15 is 0 Å². The van der Waals surface area contributed by atoms with Crippen LogP contribution in [-0.2, 0) is 0 Å². The molecule has 0 saturated heterocycles. The molecular weight excluding hydrogens is 304 g/mol. The van der Waals surface area contributed by atoms with Crippen LogP contribution in [0.2, 0.25) is 0 Å². The lowest BCUT2D eigenvalue weighted by Gasteiger charge is -2.20. The van der Waals surface area contributed by atoms with Crippen molar-refractivity contribution in [3.8, 4) is 0 Å². The SMILES string of the molecule is CNC[C@@H](Nc1ncnc2c(C(=O)O)cccc12)c1ccccc1. The lowest BCUT2D eigenvalue weighted by Crippen LogP contribution is -2.24. The lowest BCUT2D eigenvalue weighted by molar-refractivity contribution is 0.0699. The van der Waals surface area contributed by atoms with E-state index in [2.05, 4.69) is 20.6 Å². The minimum Gasteiger partial charge on any atom is -0.478 e. The number of aromatic nitrogens is 2. The number of carboxylic acids is 1. The third-order valence-electron chi connectivity index (χ3n) is 3.82. The number of aromatic carboxylic acids is 1. The smallest absolute Gasteiger partial charge is 0.337 e. The fraction of sp³-hybridized carbons (Fsp3) is 0.167. The molecule has 3 N–H and O–H groups in total. The summed E-state index contributed by atoms with van der Waals surface area (Å²) in [5, 5.41) is 16.6. The molecule has 0 aliphatic rings. The molecule has 122 valence electrons. The van der Waals surface area contributed by atoms with Gasteiger partial charge in [0.2, 0.25) is 0 Å². The standard InChI is InChI=1S/C18H18N4O2/c1-19-10-15(12-6-3-2-4-7-12)22-17-13-8-5-9-14(18(23)24)16(13)20-11-21-17/h2-9,11,15,19H,10H2,1H3,(H,23,24)(H,20,21,22)/t15-/m1/s1. The highest BCUT2D eigenvalue weighted by atomic mass is 16.4. The summed E-state index contributed by atoms with van der Waals surface area (Å²) in [6.07, 6.45) is 1.39. The van der Waals surface area contributed by atoms with Gasteiger partial charge in [0.05, 0.1) is 17.1 Å². The average molecular weight is 322 g/mol. The molecule has 3 rings (SSSR count). The predicted molar refractivity (Wildman–Crippen MR) is 93.2 cm³/mol. The minimum atomic E-state index is -1.000. The predicted octanol–water partition coefficient (Wildman–Crippen LogP) is 2.70. The molecule has 0 unspecified atom stereocenters. The van der Waals surface area contributed by atoms with E-state index in [1.165, 1.54) is 6.33 Å². The number of rotatable bonds is 6. The Labute approximate surface area is 139 Å². The first kappa shape index (κ1) is 15.9. The fourth-order valence-corrected chi connectivity index (χ4v) is 2.68. The average Bonchev–Trinajstić information content (AvgIpc) is 2.61.